The zero-order valence-electron chi connectivity index (χ0n) is 12.7. The number of carbonyl (C=O) groups is 1. The smallest absolute Gasteiger partial charge is 0.239 e. The zero-order chi connectivity index (χ0) is 14.3. The molecule has 3 atom stereocenters. The van der Waals surface area contributed by atoms with E-state index < -0.39 is 5.54 Å². The summed E-state index contributed by atoms with van der Waals surface area (Å²) >= 11 is 0. The minimum atomic E-state index is -0.744. The van der Waals surface area contributed by atoms with Crippen molar-refractivity contribution in [3.05, 3.63) is 0 Å². The second-order valence-electron chi connectivity index (χ2n) is 5.93. The third kappa shape index (κ3) is 4.77. The van der Waals surface area contributed by atoms with Gasteiger partial charge in [0.1, 0.15) is 5.54 Å². The number of primary amides is 1. The highest BCUT2D eigenvalue weighted by atomic mass is 16.5. The zero-order valence-corrected chi connectivity index (χ0v) is 12.7. The van der Waals surface area contributed by atoms with Crippen LogP contribution >= 0.6 is 0 Å². The van der Waals surface area contributed by atoms with Gasteiger partial charge in [-0.1, -0.05) is 33.1 Å². The molecule has 112 valence electrons. The average Bonchev–Trinajstić information content (AvgIpc) is 2.43. The summed E-state index contributed by atoms with van der Waals surface area (Å²) in [4.78, 5) is 11.6. The van der Waals surface area contributed by atoms with Gasteiger partial charge >= 0.3 is 0 Å². The van der Waals surface area contributed by atoms with Crippen LogP contribution in [0.3, 0.4) is 0 Å². The standard InChI is InChI=1S/C15H30N2O2/c1-4-10-17-15(3,14(16)18)11-19-13-9-7-6-8-12(13)5-2/h12-13,17H,4-11H2,1-3H3,(H2,16,18). The van der Waals surface area contributed by atoms with Gasteiger partial charge in [-0.25, -0.2) is 0 Å². The lowest BCUT2D eigenvalue weighted by atomic mass is 9.84. The van der Waals surface area contributed by atoms with E-state index in [1.165, 1.54) is 19.3 Å². The molecule has 1 saturated carbocycles. The third-order valence-corrected chi connectivity index (χ3v) is 4.26. The molecular weight excluding hydrogens is 240 g/mol. The molecule has 1 fully saturated rings. The van der Waals surface area contributed by atoms with E-state index in [0.29, 0.717) is 18.6 Å². The Morgan fingerprint density at radius 2 is 2.05 bits per heavy atom. The molecule has 0 saturated heterocycles. The Balaban J connectivity index is 2.52. The van der Waals surface area contributed by atoms with Gasteiger partial charge in [-0.15, -0.1) is 0 Å². The number of amides is 1. The normalized spacial score (nSPS) is 26.9. The molecule has 19 heavy (non-hydrogen) atoms. The highest BCUT2D eigenvalue weighted by Crippen LogP contribution is 2.29. The first-order chi connectivity index (χ1) is 9.03. The van der Waals surface area contributed by atoms with E-state index in [1.807, 2.05) is 6.92 Å². The maximum absolute atomic E-state index is 11.6. The van der Waals surface area contributed by atoms with Crippen molar-refractivity contribution >= 4 is 5.91 Å². The fourth-order valence-electron chi connectivity index (χ4n) is 2.74. The summed E-state index contributed by atoms with van der Waals surface area (Å²) in [6, 6.07) is 0. The Hall–Kier alpha value is -0.610. The van der Waals surface area contributed by atoms with Crippen LogP contribution in [0.15, 0.2) is 0 Å². The molecule has 0 aromatic rings. The Morgan fingerprint density at radius 1 is 1.37 bits per heavy atom. The predicted molar refractivity (Wildman–Crippen MR) is 77.9 cm³/mol. The second kappa shape index (κ2) is 7.85. The van der Waals surface area contributed by atoms with Crippen molar-refractivity contribution < 1.29 is 9.53 Å². The average molecular weight is 270 g/mol. The fraction of sp³-hybridized carbons (Fsp3) is 0.933. The molecule has 1 rings (SSSR count). The van der Waals surface area contributed by atoms with Gasteiger partial charge in [-0.3, -0.25) is 4.79 Å². The summed E-state index contributed by atoms with van der Waals surface area (Å²) < 4.78 is 6.05. The van der Waals surface area contributed by atoms with E-state index in [1.54, 1.807) is 0 Å². The van der Waals surface area contributed by atoms with Crippen molar-refractivity contribution in [3.8, 4) is 0 Å². The number of carbonyl (C=O) groups excluding carboxylic acids is 1. The molecule has 1 aliphatic carbocycles. The van der Waals surface area contributed by atoms with Gasteiger partial charge in [0.15, 0.2) is 0 Å². The molecule has 4 heteroatoms. The van der Waals surface area contributed by atoms with Crippen LogP contribution in [-0.4, -0.2) is 30.7 Å². The topological polar surface area (TPSA) is 64.3 Å². The van der Waals surface area contributed by atoms with Crippen molar-refractivity contribution in [1.82, 2.24) is 5.32 Å². The molecule has 3 unspecified atom stereocenters. The van der Waals surface area contributed by atoms with Crippen LogP contribution in [0.1, 0.15) is 59.3 Å². The van der Waals surface area contributed by atoms with Crippen molar-refractivity contribution in [2.24, 2.45) is 11.7 Å². The van der Waals surface area contributed by atoms with E-state index in [-0.39, 0.29) is 5.91 Å². The molecule has 0 radical (unpaired) electrons. The summed E-state index contributed by atoms with van der Waals surface area (Å²) in [6.07, 6.45) is 7.32. The van der Waals surface area contributed by atoms with Crippen molar-refractivity contribution in [1.29, 1.82) is 0 Å². The maximum atomic E-state index is 11.6. The summed E-state index contributed by atoms with van der Waals surface area (Å²) in [7, 11) is 0. The number of hydrogen-bond donors (Lipinski definition) is 2. The minimum absolute atomic E-state index is 0.292. The summed E-state index contributed by atoms with van der Waals surface area (Å²) in [5.74, 6) is 0.307. The van der Waals surface area contributed by atoms with Gasteiger partial charge < -0.3 is 15.8 Å². The number of rotatable bonds is 8. The quantitative estimate of drug-likeness (QED) is 0.711. The summed E-state index contributed by atoms with van der Waals surface area (Å²) in [5, 5.41) is 3.22. The Labute approximate surface area is 117 Å². The summed E-state index contributed by atoms with van der Waals surface area (Å²) in [6.45, 7) is 7.29. The molecule has 1 aliphatic rings. The minimum Gasteiger partial charge on any atom is -0.375 e. The fourth-order valence-corrected chi connectivity index (χ4v) is 2.74. The van der Waals surface area contributed by atoms with Crippen LogP contribution in [0.25, 0.3) is 0 Å². The van der Waals surface area contributed by atoms with Gasteiger partial charge in [-0.2, -0.15) is 0 Å². The van der Waals surface area contributed by atoms with Gasteiger partial charge in [0.05, 0.1) is 12.7 Å². The van der Waals surface area contributed by atoms with E-state index in [0.717, 1.165) is 25.8 Å². The van der Waals surface area contributed by atoms with Gasteiger partial charge in [-0.05, 0) is 38.6 Å². The molecule has 3 N–H and O–H groups in total. The Morgan fingerprint density at radius 3 is 2.63 bits per heavy atom. The van der Waals surface area contributed by atoms with Crippen LogP contribution in [0, 0.1) is 5.92 Å². The lowest BCUT2D eigenvalue weighted by molar-refractivity contribution is -0.128. The molecule has 0 bridgehead atoms. The van der Waals surface area contributed by atoms with Crippen LogP contribution in [-0.2, 0) is 9.53 Å². The maximum Gasteiger partial charge on any atom is 0.239 e. The van der Waals surface area contributed by atoms with E-state index in [4.69, 9.17) is 10.5 Å². The first kappa shape index (κ1) is 16.4. The third-order valence-electron chi connectivity index (χ3n) is 4.26. The molecular formula is C15H30N2O2. The van der Waals surface area contributed by atoms with Gasteiger partial charge in [0.2, 0.25) is 5.91 Å². The molecule has 0 heterocycles. The molecule has 1 amide bonds. The van der Waals surface area contributed by atoms with Crippen LogP contribution < -0.4 is 11.1 Å². The number of nitrogens with one attached hydrogen (secondary N) is 1. The predicted octanol–water partition coefficient (Wildman–Crippen LogP) is 2.22. The molecule has 0 aromatic carbocycles. The highest BCUT2D eigenvalue weighted by molar-refractivity contribution is 5.84. The monoisotopic (exact) mass is 270 g/mol. The molecule has 4 nitrogen and oxygen atoms in total. The van der Waals surface area contributed by atoms with Crippen molar-refractivity contribution in [2.75, 3.05) is 13.2 Å². The van der Waals surface area contributed by atoms with Crippen LogP contribution in [0.4, 0.5) is 0 Å². The Kier molecular flexibility index (Phi) is 6.80. The molecule has 0 spiro atoms. The number of hydrogen-bond acceptors (Lipinski definition) is 3. The van der Waals surface area contributed by atoms with E-state index in [9.17, 15) is 4.79 Å². The SMILES string of the molecule is CCCNC(C)(COC1CCCCC1CC)C(N)=O. The number of nitrogens with two attached hydrogens (primary N) is 1. The number of ether oxygens (including phenoxy) is 1. The van der Waals surface area contributed by atoms with Crippen LogP contribution in [0.5, 0.6) is 0 Å². The second-order valence-corrected chi connectivity index (χ2v) is 5.93. The molecule has 0 aromatic heterocycles. The lowest BCUT2D eigenvalue weighted by Gasteiger charge is -2.34. The Bertz CT molecular complexity index is 283. The largest absolute Gasteiger partial charge is 0.375 e. The van der Waals surface area contributed by atoms with Crippen molar-refractivity contribution in [2.45, 2.75) is 70.9 Å². The summed E-state index contributed by atoms with van der Waals surface area (Å²) in [5.41, 5.74) is 4.77. The lowest BCUT2D eigenvalue weighted by Crippen LogP contribution is -2.57. The first-order valence-electron chi connectivity index (χ1n) is 7.70. The van der Waals surface area contributed by atoms with Crippen LogP contribution in [0.2, 0.25) is 0 Å². The van der Waals surface area contributed by atoms with E-state index in [2.05, 4.69) is 19.2 Å². The first-order valence-corrected chi connectivity index (χ1v) is 7.70. The van der Waals surface area contributed by atoms with E-state index >= 15 is 0 Å². The highest BCUT2D eigenvalue weighted by Gasteiger charge is 2.33. The van der Waals surface area contributed by atoms with Crippen molar-refractivity contribution in [3.63, 3.8) is 0 Å². The van der Waals surface area contributed by atoms with Gasteiger partial charge in [0.25, 0.3) is 0 Å². The molecule has 0 aliphatic heterocycles. The van der Waals surface area contributed by atoms with Gasteiger partial charge in [0, 0.05) is 0 Å².